The van der Waals surface area contributed by atoms with Crippen LogP contribution in [0, 0.1) is 0 Å². The lowest BCUT2D eigenvalue weighted by molar-refractivity contribution is -0.116. The van der Waals surface area contributed by atoms with Crippen molar-refractivity contribution in [2.45, 2.75) is 19.9 Å². The van der Waals surface area contributed by atoms with E-state index in [0.29, 0.717) is 22.8 Å². The minimum Gasteiger partial charge on any atom is -0.423 e. The Morgan fingerprint density at radius 2 is 2.22 bits per heavy atom. The number of nitrogens with zero attached hydrogens (tertiary/aromatic N) is 2. The van der Waals surface area contributed by atoms with E-state index in [2.05, 4.69) is 4.98 Å². The minimum absolute atomic E-state index is 0.0582. The molecule has 6 heteroatoms. The number of nitrogens with two attached hydrogens (primary N) is 2. The van der Waals surface area contributed by atoms with E-state index in [9.17, 15) is 4.79 Å². The van der Waals surface area contributed by atoms with Crippen LogP contribution in [0.3, 0.4) is 0 Å². The standard InChI is InChI=1S/C12H16N4O2/c1-7(2)16(6-11(14)17)12-15-9-4-3-8(13)5-10(9)18-12/h3-5,7H,6,13H2,1-2H3,(H2,14,17). The Balaban J connectivity index is 2.41. The summed E-state index contributed by atoms with van der Waals surface area (Å²) >= 11 is 0. The van der Waals surface area contributed by atoms with Gasteiger partial charge >= 0.3 is 0 Å². The Bertz CT molecular complexity index is 576. The van der Waals surface area contributed by atoms with Gasteiger partial charge in [0.15, 0.2) is 5.58 Å². The molecular weight excluding hydrogens is 232 g/mol. The fourth-order valence-electron chi connectivity index (χ4n) is 1.69. The normalized spacial score (nSPS) is 11.1. The SMILES string of the molecule is CC(C)N(CC(N)=O)c1nc2ccc(N)cc2o1. The summed E-state index contributed by atoms with van der Waals surface area (Å²) in [5, 5.41) is 0. The molecule has 1 aromatic heterocycles. The maximum absolute atomic E-state index is 11.0. The van der Waals surface area contributed by atoms with Crippen LogP contribution in [0.15, 0.2) is 22.6 Å². The topological polar surface area (TPSA) is 98.4 Å². The van der Waals surface area contributed by atoms with E-state index in [1.165, 1.54) is 0 Å². The van der Waals surface area contributed by atoms with Crippen molar-refractivity contribution in [3.8, 4) is 0 Å². The van der Waals surface area contributed by atoms with Crippen LogP contribution in [0.25, 0.3) is 11.1 Å². The predicted octanol–water partition coefficient (Wildman–Crippen LogP) is 1.11. The Morgan fingerprint density at radius 1 is 1.50 bits per heavy atom. The number of rotatable bonds is 4. The lowest BCUT2D eigenvalue weighted by Crippen LogP contribution is -2.38. The number of amides is 1. The molecule has 0 atom stereocenters. The van der Waals surface area contributed by atoms with Gasteiger partial charge < -0.3 is 20.8 Å². The van der Waals surface area contributed by atoms with Crippen molar-refractivity contribution in [3.63, 3.8) is 0 Å². The maximum Gasteiger partial charge on any atom is 0.299 e. The second-order valence-electron chi connectivity index (χ2n) is 4.41. The van der Waals surface area contributed by atoms with Crippen LogP contribution in [0.5, 0.6) is 0 Å². The largest absolute Gasteiger partial charge is 0.423 e. The second kappa shape index (κ2) is 4.56. The molecule has 1 heterocycles. The number of nitrogen functional groups attached to an aromatic ring is 1. The van der Waals surface area contributed by atoms with Crippen molar-refractivity contribution in [2.75, 3.05) is 17.2 Å². The van der Waals surface area contributed by atoms with Crippen LogP contribution >= 0.6 is 0 Å². The minimum atomic E-state index is -0.425. The van der Waals surface area contributed by atoms with Gasteiger partial charge in [0.2, 0.25) is 5.91 Å². The third-order valence-electron chi connectivity index (χ3n) is 2.60. The first-order chi connectivity index (χ1) is 8.47. The summed E-state index contributed by atoms with van der Waals surface area (Å²) in [6.07, 6.45) is 0. The van der Waals surface area contributed by atoms with E-state index < -0.39 is 5.91 Å². The van der Waals surface area contributed by atoms with Crippen LogP contribution in [0.4, 0.5) is 11.7 Å². The van der Waals surface area contributed by atoms with Crippen molar-refractivity contribution in [2.24, 2.45) is 5.73 Å². The molecule has 4 N–H and O–H groups in total. The number of hydrogen-bond donors (Lipinski definition) is 2. The lowest BCUT2D eigenvalue weighted by Gasteiger charge is -2.22. The van der Waals surface area contributed by atoms with Gasteiger partial charge in [-0.15, -0.1) is 0 Å². The Morgan fingerprint density at radius 3 is 2.83 bits per heavy atom. The first-order valence-corrected chi connectivity index (χ1v) is 5.68. The van der Waals surface area contributed by atoms with Crippen molar-refractivity contribution >= 4 is 28.7 Å². The second-order valence-corrected chi connectivity index (χ2v) is 4.41. The summed E-state index contributed by atoms with van der Waals surface area (Å²) in [6, 6.07) is 5.67. The number of carbonyl (C=O) groups is 1. The number of benzene rings is 1. The van der Waals surface area contributed by atoms with E-state index in [0.717, 1.165) is 0 Å². The highest BCUT2D eigenvalue weighted by Gasteiger charge is 2.19. The molecule has 0 unspecified atom stereocenters. The molecule has 0 radical (unpaired) electrons. The average Bonchev–Trinajstić information content (AvgIpc) is 2.67. The molecule has 0 saturated heterocycles. The van der Waals surface area contributed by atoms with Gasteiger partial charge in [-0.05, 0) is 26.0 Å². The molecule has 0 spiro atoms. The van der Waals surface area contributed by atoms with Crippen LogP contribution in [0.2, 0.25) is 0 Å². The van der Waals surface area contributed by atoms with E-state index in [4.69, 9.17) is 15.9 Å². The Kier molecular flexibility index (Phi) is 3.10. The molecule has 0 saturated carbocycles. The van der Waals surface area contributed by atoms with Crippen LogP contribution in [0.1, 0.15) is 13.8 Å². The number of oxazole rings is 1. The number of hydrogen-bond acceptors (Lipinski definition) is 5. The van der Waals surface area contributed by atoms with Crippen molar-refractivity contribution in [1.82, 2.24) is 4.98 Å². The highest BCUT2D eigenvalue weighted by atomic mass is 16.4. The van der Waals surface area contributed by atoms with Gasteiger partial charge in [0.1, 0.15) is 12.1 Å². The van der Waals surface area contributed by atoms with Gasteiger partial charge in [-0.3, -0.25) is 4.79 Å². The summed E-state index contributed by atoms with van der Waals surface area (Å²) in [5.74, 6) is -0.425. The molecule has 0 aliphatic heterocycles. The zero-order valence-electron chi connectivity index (χ0n) is 10.4. The van der Waals surface area contributed by atoms with E-state index in [1.807, 2.05) is 13.8 Å². The highest BCUT2D eigenvalue weighted by molar-refractivity contribution is 5.81. The molecule has 18 heavy (non-hydrogen) atoms. The van der Waals surface area contributed by atoms with E-state index >= 15 is 0 Å². The van der Waals surface area contributed by atoms with Gasteiger partial charge in [0.25, 0.3) is 6.01 Å². The van der Waals surface area contributed by atoms with Gasteiger partial charge in [0.05, 0.1) is 0 Å². The molecule has 1 amide bonds. The fraction of sp³-hybridized carbons (Fsp3) is 0.333. The van der Waals surface area contributed by atoms with E-state index in [-0.39, 0.29) is 12.6 Å². The number of fused-ring (bicyclic) bond motifs is 1. The first kappa shape index (κ1) is 12.2. The smallest absolute Gasteiger partial charge is 0.299 e. The molecule has 0 fully saturated rings. The predicted molar refractivity (Wildman–Crippen MR) is 70.1 cm³/mol. The number of anilines is 2. The quantitative estimate of drug-likeness (QED) is 0.790. The molecule has 0 aliphatic carbocycles. The lowest BCUT2D eigenvalue weighted by atomic mass is 10.3. The zero-order chi connectivity index (χ0) is 13.3. The third kappa shape index (κ3) is 2.37. The van der Waals surface area contributed by atoms with Crippen LogP contribution in [-0.4, -0.2) is 23.5 Å². The van der Waals surface area contributed by atoms with E-state index in [1.54, 1.807) is 23.1 Å². The summed E-state index contributed by atoms with van der Waals surface area (Å²) in [4.78, 5) is 17.1. The molecule has 6 nitrogen and oxygen atoms in total. The summed E-state index contributed by atoms with van der Waals surface area (Å²) in [5.41, 5.74) is 12.8. The monoisotopic (exact) mass is 248 g/mol. The van der Waals surface area contributed by atoms with Gasteiger partial charge in [-0.2, -0.15) is 4.98 Å². The van der Waals surface area contributed by atoms with Crippen molar-refractivity contribution < 1.29 is 9.21 Å². The van der Waals surface area contributed by atoms with Crippen LogP contribution < -0.4 is 16.4 Å². The zero-order valence-corrected chi connectivity index (χ0v) is 10.4. The molecule has 1 aromatic carbocycles. The molecular formula is C12H16N4O2. The molecule has 0 bridgehead atoms. The van der Waals surface area contributed by atoms with Gasteiger partial charge in [-0.25, -0.2) is 0 Å². The van der Waals surface area contributed by atoms with Gasteiger partial charge in [-0.1, -0.05) is 0 Å². The maximum atomic E-state index is 11.0. The molecule has 96 valence electrons. The Labute approximate surface area is 105 Å². The van der Waals surface area contributed by atoms with Gasteiger partial charge in [0, 0.05) is 17.8 Å². The molecule has 2 rings (SSSR count). The fourth-order valence-corrected chi connectivity index (χ4v) is 1.69. The molecule has 2 aromatic rings. The first-order valence-electron chi connectivity index (χ1n) is 5.68. The van der Waals surface area contributed by atoms with Crippen molar-refractivity contribution in [3.05, 3.63) is 18.2 Å². The summed E-state index contributed by atoms with van der Waals surface area (Å²) < 4.78 is 5.60. The average molecular weight is 248 g/mol. The summed E-state index contributed by atoms with van der Waals surface area (Å²) in [6.45, 7) is 3.94. The highest BCUT2D eigenvalue weighted by Crippen LogP contribution is 2.24. The van der Waals surface area contributed by atoms with Crippen molar-refractivity contribution in [1.29, 1.82) is 0 Å². The number of carbonyl (C=O) groups excluding carboxylic acids is 1. The number of primary amides is 1. The summed E-state index contributed by atoms with van der Waals surface area (Å²) in [7, 11) is 0. The van der Waals surface area contributed by atoms with Crippen LogP contribution in [-0.2, 0) is 4.79 Å². The number of aromatic nitrogens is 1. The Hall–Kier alpha value is -2.24. The third-order valence-corrected chi connectivity index (χ3v) is 2.60. The molecule has 0 aliphatic rings.